The molecule has 0 aromatic heterocycles. The van der Waals surface area contributed by atoms with Crippen molar-refractivity contribution in [2.45, 2.75) is 19.4 Å². The molecule has 4 rings (SSSR count). The van der Waals surface area contributed by atoms with Gasteiger partial charge < -0.3 is 23.8 Å². The molecule has 192 valence electrons. The SMILES string of the molecule is COc1cc(N2CCN(C(C)c3ccc(OCCCN4CCOCC4)c(OC)c3)CC2)ccc1Cl. The third-order valence-corrected chi connectivity index (χ3v) is 7.32. The van der Waals surface area contributed by atoms with Crippen molar-refractivity contribution < 1.29 is 18.9 Å². The van der Waals surface area contributed by atoms with Gasteiger partial charge in [-0.3, -0.25) is 9.80 Å². The molecule has 2 aromatic carbocycles. The van der Waals surface area contributed by atoms with Gasteiger partial charge in [0, 0.05) is 63.6 Å². The van der Waals surface area contributed by atoms with E-state index in [0.717, 1.165) is 88.4 Å². The summed E-state index contributed by atoms with van der Waals surface area (Å²) in [6.07, 6.45) is 0.991. The number of methoxy groups -OCH3 is 2. The number of ether oxygens (including phenoxy) is 4. The van der Waals surface area contributed by atoms with Gasteiger partial charge in [-0.15, -0.1) is 0 Å². The molecule has 2 aliphatic rings. The second-order valence-corrected chi connectivity index (χ2v) is 9.49. The second-order valence-electron chi connectivity index (χ2n) is 9.08. The molecule has 2 heterocycles. The van der Waals surface area contributed by atoms with E-state index in [1.807, 2.05) is 12.1 Å². The van der Waals surface area contributed by atoms with Gasteiger partial charge in [-0.1, -0.05) is 17.7 Å². The fourth-order valence-electron chi connectivity index (χ4n) is 4.78. The van der Waals surface area contributed by atoms with Gasteiger partial charge in [0.1, 0.15) is 5.75 Å². The lowest BCUT2D eigenvalue weighted by Gasteiger charge is -2.39. The van der Waals surface area contributed by atoms with Crippen molar-refractivity contribution in [2.24, 2.45) is 0 Å². The molecule has 35 heavy (non-hydrogen) atoms. The zero-order valence-electron chi connectivity index (χ0n) is 21.2. The van der Waals surface area contributed by atoms with Crippen molar-refractivity contribution in [2.75, 3.05) is 84.8 Å². The van der Waals surface area contributed by atoms with E-state index < -0.39 is 0 Å². The van der Waals surface area contributed by atoms with E-state index in [2.05, 4.69) is 45.9 Å². The normalized spacial score (nSPS) is 18.3. The fourth-order valence-corrected chi connectivity index (χ4v) is 4.98. The quantitative estimate of drug-likeness (QED) is 0.447. The summed E-state index contributed by atoms with van der Waals surface area (Å²) in [5, 5.41) is 0.641. The number of anilines is 1. The molecule has 2 aromatic rings. The minimum atomic E-state index is 0.293. The number of hydrogen-bond donors (Lipinski definition) is 0. The average molecular weight is 504 g/mol. The second kappa shape index (κ2) is 12.7. The summed E-state index contributed by atoms with van der Waals surface area (Å²) in [5.41, 5.74) is 2.39. The zero-order valence-corrected chi connectivity index (χ0v) is 21.9. The molecule has 0 bridgehead atoms. The van der Waals surface area contributed by atoms with Gasteiger partial charge in [-0.2, -0.15) is 0 Å². The van der Waals surface area contributed by atoms with Crippen molar-refractivity contribution in [3.8, 4) is 17.2 Å². The van der Waals surface area contributed by atoms with Gasteiger partial charge in [0.25, 0.3) is 0 Å². The first-order valence-corrected chi connectivity index (χ1v) is 12.9. The molecule has 2 aliphatic heterocycles. The molecule has 0 amide bonds. The van der Waals surface area contributed by atoms with Crippen molar-refractivity contribution in [1.82, 2.24) is 9.80 Å². The number of hydrogen-bond acceptors (Lipinski definition) is 7. The first-order chi connectivity index (χ1) is 17.1. The van der Waals surface area contributed by atoms with Crippen LogP contribution in [0.4, 0.5) is 5.69 Å². The Kier molecular flexibility index (Phi) is 9.38. The van der Waals surface area contributed by atoms with Crippen LogP contribution in [0.25, 0.3) is 0 Å². The van der Waals surface area contributed by atoms with Gasteiger partial charge in [0.2, 0.25) is 0 Å². The van der Waals surface area contributed by atoms with Crippen LogP contribution >= 0.6 is 11.6 Å². The van der Waals surface area contributed by atoms with Crippen LogP contribution in [-0.4, -0.2) is 89.7 Å². The van der Waals surface area contributed by atoms with Crippen molar-refractivity contribution in [3.05, 3.63) is 47.0 Å². The predicted molar refractivity (Wildman–Crippen MR) is 141 cm³/mol. The lowest BCUT2D eigenvalue weighted by molar-refractivity contribution is 0.0357. The summed E-state index contributed by atoms with van der Waals surface area (Å²) < 4.78 is 22.5. The average Bonchev–Trinajstić information content (AvgIpc) is 2.91. The van der Waals surface area contributed by atoms with Gasteiger partial charge in [0.15, 0.2) is 11.5 Å². The van der Waals surface area contributed by atoms with Crippen LogP contribution in [0.1, 0.15) is 24.9 Å². The molecule has 1 unspecified atom stereocenters. The van der Waals surface area contributed by atoms with Crippen molar-refractivity contribution >= 4 is 17.3 Å². The molecule has 0 saturated carbocycles. The monoisotopic (exact) mass is 503 g/mol. The largest absolute Gasteiger partial charge is 0.495 e. The summed E-state index contributed by atoms with van der Waals surface area (Å²) in [4.78, 5) is 7.33. The Morgan fingerprint density at radius 2 is 1.63 bits per heavy atom. The Hall–Kier alpha value is -2.19. The maximum Gasteiger partial charge on any atom is 0.161 e. The van der Waals surface area contributed by atoms with Gasteiger partial charge in [-0.25, -0.2) is 0 Å². The van der Waals surface area contributed by atoms with E-state index in [1.165, 1.54) is 5.56 Å². The molecule has 7 nitrogen and oxygen atoms in total. The third kappa shape index (κ3) is 6.73. The maximum atomic E-state index is 6.19. The summed E-state index contributed by atoms with van der Waals surface area (Å²) in [7, 11) is 3.37. The van der Waals surface area contributed by atoms with Crippen molar-refractivity contribution in [3.63, 3.8) is 0 Å². The van der Waals surface area contributed by atoms with Crippen LogP contribution in [0.2, 0.25) is 5.02 Å². The Morgan fingerprint density at radius 1 is 0.886 bits per heavy atom. The number of morpholine rings is 1. The maximum absolute atomic E-state index is 6.19. The predicted octanol–water partition coefficient (Wildman–Crippen LogP) is 4.34. The highest BCUT2D eigenvalue weighted by Crippen LogP contribution is 2.34. The number of piperazine rings is 1. The van der Waals surface area contributed by atoms with Crippen LogP contribution in [-0.2, 0) is 4.74 Å². The first-order valence-electron chi connectivity index (χ1n) is 12.5. The molecule has 0 N–H and O–H groups in total. The smallest absolute Gasteiger partial charge is 0.161 e. The first kappa shape index (κ1) is 25.9. The summed E-state index contributed by atoms with van der Waals surface area (Å²) in [6.45, 7) is 11.5. The molecule has 0 aliphatic carbocycles. The number of nitrogens with zero attached hydrogens (tertiary/aromatic N) is 3. The van der Waals surface area contributed by atoms with Crippen LogP contribution in [0.3, 0.4) is 0 Å². The topological polar surface area (TPSA) is 46.6 Å². The third-order valence-electron chi connectivity index (χ3n) is 7.01. The highest BCUT2D eigenvalue weighted by Gasteiger charge is 2.23. The van der Waals surface area contributed by atoms with Crippen LogP contribution < -0.4 is 19.1 Å². The van der Waals surface area contributed by atoms with E-state index in [0.29, 0.717) is 17.7 Å². The molecular weight excluding hydrogens is 466 g/mol. The molecule has 0 spiro atoms. The highest BCUT2D eigenvalue weighted by molar-refractivity contribution is 6.32. The number of rotatable bonds is 10. The van der Waals surface area contributed by atoms with Crippen molar-refractivity contribution in [1.29, 1.82) is 0 Å². The highest BCUT2D eigenvalue weighted by atomic mass is 35.5. The number of benzene rings is 2. The minimum Gasteiger partial charge on any atom is -0.495 e. The molecule has 1 atom stereocenters. The molecule has 8 heteroatoms. The van der Waals surface area contributed by atoms with Gasteiger partial charge >= 0.3 is 0 Å². The van der Waals surface area contributed by atoms with Crippen LogP contribution in [0.15, 0.2) is 36.4 Å². The Morgan fingerprint density at radius 3 is 2.34 bits per heavy atom. The summed E-state index contributed by atoms with van der Waals surface area (Å²) in [5.74, 6) is 2.33. The Balaban J connectivity index is 1.29. The standard InChI is InChI=1S/C27H38ClN3O4/c1-21(30-10-12-31(13-11-30)23-6-7-24(28)26(20-23)32-2)22-5-8-25(27(19-22)33-3)35-16-4-9-29-14-17-34-18-15-29/h5-8,19-21H,4,9-18H2,1-3H3. The zero-order chi connectivity index (χ0) is 24.6. The van der Waals surface area contributed by atoms with E-state index in [-0.39, 0.29) is 0 Å². The van der Waals surface area contributed by atoms with Crippen LogP contribution in [0.5, 0.6) is 17.2 Å². The number of halogens is 1. The van der Waals surface area contributed by atoms with E-state index >= 15 is 0 Å². The molecule has 2 saturated heterocycles. The van der Waals surface area contributed by atoms with E-state index in [1.54, 1.807) is 14.2 Å². The van der Waals surface area contributed by atoms with Gasteiger partial charge in [0.05, 0.1) is 39.1 Å². The van der Waals surface area contributed by atoms with E-state index in [9.17, 15) is 0 Å². The summed E-state index contributed by atoms with van der Waals surface area (Å²) >= 11 is 6.19. The fraction of sp³-hybridized carbons (Fsp3) is 0.556. The Bertz CT molecular complexity index is 946. The molecular formula is C27H38ClN3O4. The minimum absolute atomic E-state index is 0.293. The molecule has 2 fully saturated rings. The summed E-state index contributed by atoms with van der Waals surface area (Å²) in [6, 6.07) is 12.6. The van der Waals surface area contributed by atoms with Crippen LogP contribution in [0, 0.1) is 0 Å². The lowest BCUT2D eigenvalue weighted by Crippen LogP contribution is -2.47. The van der Waals surface area contributed by atoms with Gasteiger partial charge in [-0.05, 0) is 43.2 Å². The Labute approximate surface area is 214 Å². The van der Waals surface area contributed by atoms with E-state index in [4.69, 9.17) is 30.5 Å². The lowest BCUT2D eigenvalue weighted by atomic mass is 10.0. The molecule has 0 radical (unpaired) electrons.